The zero-order chi connectivity index (χ0) is 15.7. The van der Waals surface area contributed by atoms with Crippen LogP contribution in [0.5, 0.6) is 0 Å². The summed E-state index contributed by atoms with van der Waals surface area (Å²) >= 11 is 0. The van der Waals surface area contributed by atoms with E-state index in [9.17, 15) is 0 Å². The Labute approximate surface area is 153 Å². The number of azo groups is 1. The summed E-state index contributed by atoms with van der Waals surface area (Å²) in [4.78, 5) is 2.05. The summed E-state index contributed by atoms with van der Waals surface area (Å²) < 4.78 is 25.3. The van der Waals surface area contributed by atoms with Crippen molar-refractivity contribution in [2.75, 3.05) is 19.0 Å². The molecule has 22 heavy (non-hydrogen) atoms. The van der Waals surface area contributed by atoms with Gasteiger partial charge in [-0.25, -0.2) is 5.11 Å². The van der Waals surface area contributed by atoms with Crippen molar-refractivity contribution < 1.29 is 42.2 Å². The van der Waals surface area contributed by atoms with Crippen LogP contribution in [0.1, 0.15) is 0 Å². The Morgan fingerprint density at radius 1 is 0.955 bits per heavy atom. The molecule has 0 aliphatic carbocycles. The van der Waals surface area contributed by atoms with Crippen LogP contribution in [0.15, 0.2) is 58.8 Å². The van der Waals surface area contributed by atoms with Gasteiger partial charge in [0.1, 0.15) is 0 Å². The zero-order valence-corrected chi connectivity index (χ0v) is 15.4. The van der Waals surface area contributed by atoms with E-state index in [0.717, 1.165) is 17.1 Å². The molecule has 0 spiro atoms. The van der Waals surface area contributed by atoms with E-state index in [2.05, 4.69) is 16.3 Å². The van der Waals surface area contributed by atoms with Gasteiger partial charge in [-0.1, -0.05) is 0 Å². The quantitative estimate of drug-likeness (QED) is 0.450. The molecular formula is C14H14N3NaO3S. The Hall–Kier alpha value is -1.54. The Kier molecular flexibility index (Phi) is 10.3. The van der Waals surface area contributed by atoms with E-state index < -0.39 is 10.6 Å². The zero-order valence-electron chi connectivity index (χ0n) is 12.6. The number of nitrogens with zero attached hydrogens (tertiary/aromatic N) is 3. The third-order valence-corrected chi connectivity index (χ3v) is 2.34. The van der Waals surface area contributed by atoms with Gasteiger partial charge in [-0.3, -0.25) is 0 Å². The Bertz CT molecular complexity index is 680. The van der Waals surface area contributed by atoms with E-state index in [1.165, 1.54) is 0 Å². The van der Waals surface area contributed by atoms with Crippen molar-refractivity contribution in [2.45, 2.75) is 0 Å². The fourth-order valence-corrected chi connectivity index (χ4v) is 1.38. The summed E-state index contributed by atoms with van der Waals surface area (Å²) in [7, 11) is 0.909. The van der Waals surface area contributed by atoms with Crippen LogP contribution in [0.4, 0.5) is 17.1 Å². The summed E-state index contributed by atoms with van der Waals surface area (Å²) in [5, 5.41) is 8.29. The van der Waals surface area contributed by atoms with Crippen molar-refractivity contribution in [2.24, 2.45) is 10.2 Å². The molecular weight excluding hydrogens is 313 g/mol. The molecule has 2 rings (SSSR count). The maximum absolute atomic E-state index is 8.44. The molecule has 0 fully saturated rings. The van der Waals surface area contributed by atoms with Crippen molar-refractivity contribution in [3.8, 4) is 0 Å². The molecule has 0 unspecified atom stereocenters. The monoisotopic (exact) mass is 327 g/mol. The molecule has 0 saturated heterocycles. The average molecular weight is 327 g/mol. The van der Waals surface area contributed by atoms with Crippen molar-refractivity contribution in [1.29, 1.82) is 0 Å². The largest absolute Gasteiger partial charge is 1.00 e. The number of benzene rings is 2. The number of rotatable bonds is 3. The second-order valence-electron chi connectivity index (χ2n) is 4.08. The number of anilines is 1. The molecule has 0 aromatic heterocycles. The van der Waals surface area contributed by atoms with E-state index in [4.69, 9.17) is 12.6 Å². The van der Waals surface area contributed by atoms with Gasteiger partial charge in [0.2, 0.25) is 0 Å². The van der Waals surface area contributed by atoms with Crippen molar-refractivity contribution in [3.63, 3.8) is 0 Å². The van der Waals surface area contributed by atoms with Crippen molar-refractivity contribution >= 4 is 27.7 Å². The SMILES string of the molecule is CN(C)c1ccc(N=Nc2c[c-]ccc2)cc1.O=S(=O)=O.[Na+]. The van der Waals surface area contributed by atoms with Gasteiger partial charge < -0.3 is 4.90 Å². The van der Waals surface area contributed by atoms with Gasteiger partial charge in [0.05, 0.1) is 5.69 Å². The smallest absolute Gasteiger partial charge is 0.378 e. The minimum Gasteiger partial charge on any atom is -0.378 e. The molecule has 0 saturated carbocycles. The third-order valence-electron chi connectivity index (χ3n) is 2.34. The fraction of sp³-hybridized carbons (Fsp3) is 0.143. The van der Waals surface area contributed by atoms with Crippen LogP contribution >= 0.6 is 0 Å². The molecule has 0 radical (unpaired) electrons. The molecule has 0 atom stereocenters. The molecule has 6 nitrogen and oxygen atoms in total. The first-order chi connectivity index (χ1) is 9.99. The molecule has 0 aliphatic heterocycles. The molecule has 2 aromatic rings. The van der Waals surface area contributed by atoms with E-state index >= 15 is 0 Å². The fourth-order valence-electron chi connectivity index (χ4n) is 1.38. The first-order valence-electron chi connectivity index (χ1n) is 5.91. The van der Waals surface area contributed by atoms with E-state index in [1.54, 1.807) is 6.07 Å². The summed E-state index contributed by atoms with van der Waals surface area (Å²) in [5.41, 5.74) is 2.81. The molecule has 0 amide bonds. The van der Waals surface area contributed by atoms with Gasteiger partial charge in [0, 0.05) is 19.8 Å². The van der Waals surface area contributed by atoms with Gasteiger partial charge in [0.25, 0.3) is 0 Å². The number of hydrogen-bond acceptors (Lipinski definition) is 6. The van der Waals surface area contributed by atoms with Crippen LogP contribution in [0.2, 0.25) is 0 Å². The van der Waals surface area contributed by atoms with Crippen LogP contribution in [0.3, 0.4) is 0 Å². The molecule has 0 heterocycles. The van der Waals surface area contributed by atoms with Crippen LogP contribution in [-0.4, -0.2) is 26.7 Å². The second kappa shape index (κ2) is 11.1. The van der Waals surface area contributed by atoms with Crippen LogP contribution in [0.25, 0.3) is 0 Å². The normalized spacial score (nSPS) is 9.36. The van der Waals surface area contributed by atoms with E-state index in [1.807, 2.05) is 61.5 Å². The van der Waals surface area contributed by atoms with E-state index in [-0.39, 0.29) is 29.6 Å². The predicted octanol–water partition coefficient (Wildman–Crippen LogP) is -0.0319. The molecule has 0 N–H and O–H groups in total. The van der Waals surface area contributed by atoms with Crippen LogP contribution < -0.4 is 34.5 Å². The topological polar surface area (TPSA) is 79.2 Å². The standard InChI is InChI=1S/C14H14N3.Na.O3S/c1-17(2)14-10-8-13(9-11-14)16-15-12-6-4-3-5-7-12;;1-4(2)3/h3-4,6-11H,1-2H3;;/q-1;+1;. The Morgan fingerprint density at radius 2 is 1.50 bits per heavy atom. The molecule has 110 valence electrons. The third kappa shape index (κ3) is 8.68. The van der Waals surface area contributed by atoms with Crippen molar-refractivity contribution in [1.82, 2.24) is 0 Å². The van der Waals surface area contributed by atoms with Gasteiger partial charge >= 0.3 is 40.2 Å². The first-order valence-corrected chi connectivity index (χ1v) is 6.91. The summed E-state index contributed by atoms with van der Waals surface area (Å²) in [6.07, 6.45) is 0. The maximum Gasteiger partial charge on any atom is 1.00 e. The number of hydrogen-bond donors (Lipinski definition) is 0. The minimum absolute atomic E-state index is 0. The van der Waals surface area contributed by atoms with Crippen molar-refractivity contribution in [3.05, 3.63) is 54.6 Å². The second-order valence-corrected chi connectivity index (χ2v) is 4.48. The molecule has 0 aliphatic rings. The van der Waals surface area contributed by atoms with E-state index in [0.29, 0.717) is 0 Å². The molecule has 2 aromatic carbocycles. The Morgan fingerprint density at radius 3 is 1.95 bits per heavy atom. The molecule has 0 bridgehead atoms. The van der Waals surface area contributed by atoms with Gasteiger partial charge in [-0.05, 0) is 30.0 Å². The Balaban J connectivity index is 0.000000791. The summed E-state index contributed by atoms with van der Waals surface area (Å²) in [5.74, 6) is 0. The summed E-state index contributed by atoms with van der Waals surface area (Å²) in [6.45, 7) is 0. The summed E-state index contributed by atoms with van der Waals surface area (Å²) in [6, 6.07) is 18.3. The van der Waals surface area contributed by atoms with Crippen LogP contribution in [-0.2, 0) is 10.6 Å². The average Bonchev–Trinajstić information content (AvgIpc) is 2.46. The van der Waals surface area contributed by atoms with Gasteiger partial charge in [0.15, 0.2) is 0 Å². The van der Waals surface area contributed by atoms with Gasteiger partial charge in [-0.2, -0.15) is 29.4 Å². The predicted molar refractivity (Wildman–Crippen MR) is 79.9 cm³/mol. The maximum atomic E-state index is 8.44. The molecule has 8 heteroatoms. The van der Waals surface area contributed by atoms with Gasteiger partial charge in [-0.15, -0.1) is 18.7 Å². The first kappa shape index (κ1) is 20.5. The minimum atomic E-state index is -3.11. The van der Waals surface area contributed by atoms with Crippen LogP contribution in [0, 0.1) is 6.07 Å².